The largest absolute Gasteiger partial charge is 0.481 e. The third-order valence-electron chi connectivity index (χ3n) is 3.23. The summed E-state index contributed by atoms with van der Waals surface area (Å²) in [4.78, 5) is 23.0. The zero-order chi connectivity index (χ0) is 21.3. The zero-order valence-corrected chi connectivity index (χ0v) is 16.8. The first-order valence-electron chi connectivity index (χ1n) is 8.06. The smallest absolute Gasteiger partial charge is 0.314 e. The van der Waals surface area contributed by atoms with Gasteiger partial charge >= 0.3 is 11.9 Å². The summed E-state index contributed by atoms with van der Waals surface area (Å²) < 4.78 is 0. The highest BCUT2D eigenvalue weighted by Gasteiger charge is 2.02. The normalized spacial score (nSPS) is 9.57. The van der Waals surface area contributed by atoms with Crippen molar-refractivity contribution in [2.75, 3.05) is 5.73 Å². The summed E-state index contributed by atoms with van der Waals surface area (Å²) in [5.74, 6) is -2.62. The highest BCUT2D eigenvalue weighted by atomic mass is 35.5. The number of aromatic nitrogens is 1. The molecule has 148 valence electrons. The van der Waals surface area contributed by atoms with Crippen LogP contribution < -0.4 is 5.73 Å². The molecule has 0 spiro atoms. The maximum Gasteiger partial charge on any atom is 0.314 e. The van der Waals surface area contributed by atoms with E-state index in [2.05, 4.69) is 4.98 Å². The molecule has 1 aromatic heterocycles. The Morgan fingerprint density at radius 1 is 0.964 bits per heavy atom. The molecule has 0 radical (unpaired) electrons. The number of nitrogens with two attached hydrogens (primary N) is 1. The Kier molecular flexibility index (Phi) is 9.21. The van der Waals surface area contributed by atoms with Crippen LogP contribution in [-0.2, 0) is 9.59 Å². The number of rotatable bonds is 2. The minimum absolute atomic E-state index is 0.433. The van der Waals surface area contributed by atoms with Crippen LogP contribution in [0.2, 0.25) is 10.2 Å². The fraction of sp³-hybridized carbons (Fsp3) is 0.150. The van der Waals surface area contributed by atoms with Crippen LogP contribution in [0.1, 0.15) is 17.5 Å². The molecule has 3 rings (SSSR count). The second-order valence-corrected chi connectivity index (χ2v) is 6.62. The van der Waals surface area contributed by atoms with Crippen LogP contribution in [0, 0.1) is 13.8 Å². The van der Waals surface area contributed by atoms with Crippen LogP contribution in [0.5, 0.6) is 0 Å². The van der Waals surface area contributed by atoms with Gasteiger partial charge in [0.05, 0.1) is 10.5 Å². The highest BCUT2D eigenvalue weighted by molar-refractivity contribution is 6.37. The number of nitrogens with zero attached hydrogens (tertiary/aromatic N) is 1. The van der Waals surface area contributed by atoms with Gasteiger partial charge < -0.3 is 15.9 Å². The van der Waals surface area contributed by atoms with Gasteiger partial charge in [0.2, 0.25) is 0 Å². The third-order valence-corrected chi connectivity index (χ3v) is 3.73. The summed E-state index contributed by atoms with van der Waals surface area (Å²) in [5, 5.41) is 17.4. The number of halogens is 2. The van der Waals surface area contributed by atoms with Gasteiger partial charge in [-0.1, -0.05) is 47.5 Å². The molecule has 0 aliphatic rings. The Morgan fingerprint density at radius 3 is 2.04 bits per heavy atom. The predicted molar refractivity (Wildman–Crippen MR) is 112 cm³/mol. The molecule has 2 aromatic carbocycles. The molecule has 0 aliphatic carbocycles. The Hall–Kier alpha value is -2.83. The first kappa shape index (κ1) is 23.2. The molecule has 8 heteroatoms. The second kappa shape index (κ2) is 11.1. The number of anilines is 1. The van der Waals surface area contributed by atoms with E-state index in [9.17, 15) is 9.59 Å². The molecule has 0 saturated heterocycles. The zero-order valence-electron chi connectivity index (χ0n) is 15.3. The van der Waals surface area contributed by atoms with Gasteiger partial charge in [-0.3, -0.25) is 9.59 Å². The highest BCUT2D eigenvalue weighted by Crippen LogP contribution is 2.25. The molecule has 0 atom stereocenters. The van der Waals surface area contributed by atoms with Gasteiger partial charge in [0.15, 0.2) is 0 Å². The van der Waals surface area contributed by atoms with Crippen LogP contribution in [0.25, 0.3) is 10.9 Å². The van der Waals surface area contributed by atoms with E-state index in [0.29, 0.717) is 10.2 Å². The van der Waals surface area contributed by atoms with Crippen LogP contribution in [0.4, 0.5) is 5.69 Å². The summed E-state index contributed by atoms with van der Waals surface area (Å²) in [6, 6.07) is 15.4. The van der Waals surface area contributed by atoms with Crippen LogP contribution >= 0.6 is 23.2 Å². The number of aryl methyl sites for hydroxylation is 2. The lowest BCUT2D eigenvalue weighted by Crippen LogP contribution is -2.03. The number of fused-ring (bicyclic) bond motifs is 1. The molecular weight excluding hydrogens is 403 g/mol. The Bertz CT molecular complexity index is 943. The Labute approximate surface area is 172 Å². The number of pyridine rings is 1. The van der Waals surface area contributed by atoms with E-state index in [1.807, 2.05) is 56.3 Å². The lowest BCUT2D eigenvalue weighted by molar-refractivity contribution is -0.147. The van der Waals surface area contributed by atoms with Crippen molar-refractivity contribution in [2.45, 2.75) is 20.3 Å². The van der Waals surface area contributed by atoms with Crippen molar-refractivity contribution in [3.8, 4) is 0 Å². The molecule has 0 bridgehead atoms. The number of carbonyl (C=O) groups is 2. The molecule has 3 aromatic rings. The monoisotopic (exact) mass is 422 g/mol. The van der Waals surface area contributed by atoms with E-state index in [0.717, 1.165) is 22.2 Å². The van der Waals surface area contributed by atoms with Crippen molar-refractivity contribution in [1.82, 2.24) is 4.98 Å². The van der Waals surface area contributed by atoms with Gasteiger partial charge in [-0.25, -0.2) is 4.98 Å². The van der Waals surface area contributed by atoms with Crippen molar-refractivity contribution in [3.05, 3.63) is 69.8 Å². The molecule has 6 nitrogen and oxygen atoms in total. The number of hydrogen-bond acceptors (Lipinski definition) is 4. The first-order valence-corrected chi connectivity index (χ1v) is 8.82. The molecule has 0 aliphatic heterocycles. The standard InChI is InChI=1S/C10H7Cl2N.C7H9N.C3H4O4/c1-6-2-3-7-8(11)5-10(12)13-9(7)4-6;1-6-3-2-4-7(8)5-6;4-2(5)1-3(6)7/h2-5H,1H3;2-5H,8H2,1H3;1H2,(H,4,5)(H,6,7). The fourth-order valence-electron chi connectivity index (χ4n) is 2.07. The van der Waals surface area contributed by atoms with Crippen molar-refractivity contribution >= 4 is 51.7 Å². The number of nitrogen functional groups attached to an aromatic ring is 1. The topological polar surface area (TPSA) is 114 Å². The Balaban J connectivity index is 0.000000227. The predicted octanol–water partition coefficient (Wildman–Crippen LogP) is 4.97. The van der Waals surface area contributed by atoms with Gasteiger partial charge in [0.25, 0.3) is 0 Å². The van der Waals surface area contributed by atoms with E-state index < -0.39 is 18.4 Å². The van der Waals surface area contributed by atoms with Crippen molar-refractivity contribution in [3.63, 3.8) is 0 Å². The number of hydrogen-bond donors (Lipinski definition) is 3. The Morgan fingerprint density at radius 2 is 1.57 bits per heavy atom. The van der Waals surface area contributed by atoms with Gasteiger partial charge in [-0.15, -0.1) is 0 Å². The molecule has 0 fully saturated rings. The van der Waals surface area contributed by atoms with E-state index in [-0.39, 0.29) is 0 Å². The van der Waals surface area contributed by atoms with E-state index >= 15 is 0 Å². The van der Waals surface area contributed by atoms with Crippen LogP contribution in [-0.4, -0.2) is 27.1 Å². The molecular formula is C20H20Cl2N2O4. The van der Waals surface area contributed by atoms with Crippen LogP contribution in [0.15, 0.2) is 48.5 Å². The minimum atomic E-state index is -1.31. The van der Waals surface area contributed by atoms with Crippen LogP contribution in [0.3, 0.4) is 0 Å². The SMILES string of the molecule is Cc1ccc2c(Cl)cc(Cl)nc2c1.Cc1cccc(N)c1.O=C(O)CC(=O)O. The van der Waals surface area contributed by atoms with Crippen molar-refractivity contribution < 1.29 is 19.8 Å². The second-order valence-electron chi connectivity index (χ2n) is 5.83. The lowest BCUT2D eigenvalue weighted by Gasteiger charge is -2.01. The maximum absolute atomic E-state index is 9.43. The molecule has 4 N–H and O–H groups in total. The average molecular weight is 423 g/mol. The molecule has 28 heavy (non-hydrogen) atoms. The van der Waals surface area contributed by atoms with Crippen molar-refractivity contribution in [2.24, 2.45) is 0 Å². The number of carboxylic acids is 2. The fourth-order valence-corrected chi connectivity index (χ4v) is 2.58. The first-order chi connectivity index (χ1) is 13.1. The third kappa shape index (κ3) is 8.70. The number of carboxylic acid groups (broad SMARTS) is 2. The maximum atomic E-state index is 9.43. The summed E-state index contributed by atoms with van der Waals surface area (Å²) >= 11 is 11.8. The number of benzene rings is 2. The number of aliphatic carboxylic acids is 2. The lowest BCUT2D eigenvalue weighted by atomic mass is 10.1. The summed E-state index contributed by atoms with van der Waals surface area (Å²) in [7, 11) is 0. The minimum Gasteiger partial charge on any atom is -0.481 e. The van der Waals surface area contributed by atoms with Gasteiger partial charge in [-0.2, -0.15) is 0 Å². The van der Waals surface area contributed by atoms with Gasteiger partial charge in [-0.05, 0) is 49.2 Å². The quantitative estimate of drug-likeness (QED) is 0.305. The molecule has 0 unspecified atom stereocenters. The molecule has 1 heterocycles. The van der Waals surface area contributed by atoms with Gasteiger partial charge in [0.1, 0.15) is 11.6 Å². The summed E-state index contributed by atoms with van der Waals surface area (Å²) in [6.45, 7) is 4.03. The van der Waals surface area contributed by atoms with Crippen molar-refractivity contribution in [1.29, 1.82) is 0 Å². The van der Waals surface area contributed by atoms with Gasteiger partial charge in [0, 0.05) is 11.1 Å². The molecule has 0 saturated carbocycles. The van der Waals surface area contributed by atoms with E-state index in [1.54, 1.807) is 6.07 Å². The summed E-state index contributed by atoms with van der Waals surface area (Å²) in [5.41, 5.74) is 9.51. The molecule has 0 amide bonds. The van der Waals surface area contributed by atoms with E-state index in [1.165, 1.54) is 5.56 Å². The van der Waals surface area contributed by atoms with E-state index in [4.69, 9.17) is 39.1 Å². The summed E-state index contributed by atoms with van der Waals surface area (Å²) in [6.07, 6.45) is -0.806. The average Bonchev–Trinajstić information content (AvgIpc) is 2.53.